The molecular weight excluding hydrogens is 390 g/mol. The van der Waals surface area contributed by atoms with Gasteiger partial charge in [-0.3, -0.25) is 24.2 Å². The summed E-state index contributed by atoms with van der Waals surface area (Å²) < 4.78 is 0. The van der Waals surface area contributed by atoms with Crippen molar-refractivity contribution in [2.45, 2.75) is 50.2 Å². The van der Waals surface area contributed by atoms with Crippen molar-refractivity contribution in [1.82, 2.24) is 10.6 Å². The molecule has 0 fully saturated rings. The molecule has 0 aromatic rings. The van der Waals surface area contributed by atoms with Crippen molar-refractivity contribution in [2.75, 3.05) is 6.54 Å². The molecule has 0 bridgehead atoms. The van der Waals surface area contributed by atoms with Crippen LogP contribution in [-0.2, 0) is 24.0 Å². The Kier molecular flexibility index (Phi) is 11.4. The number of carbonyl (C=O) groups is 5. The van der Waals surface area contributed by atoms with E-state index >= 15 is 0 Å². The number of nitrogens with zero attached hydrogens (tertiary/aromatic N) is 1. The zero-order valence-electron chi connectivity index (χ0n) is 15.7. The van der Waals surface area contributed by atoms with E-state index in [0.29, 0.717) is 6.42 Å². The summed E-state index contributed by atoms with van der Waals surface area (Å²) in [6.45, 7) is 0.236. The number of amides is 3. The van der Waals surface area contributed by atoms with Gasteiger partial charge < -0.3 is 43.8 Å². The molecule has 164 valence electrons. The number of hydrogen-bond acceptors (Lipinski definition) is 7. The van der Waals surface area contributed by atoms with Crippen molar-refractivity contribution in [1.29, 1.82) is 0 Å². The number of carbonyl (C=O) groups excluding carboxylic acids is 3. The summed E-state index contributed by atoms with van der Waals surface area (Å²) in [5, 5.41) is 22.2. The van der Waals surface area contributed by atoms with Crippen LogP contribution in [-0.4, -0.2) is 70.5 Å². The van der Waals surface area contributed by atoms with Crippen LogP contribution in [0.2, 0.25) is 0 Å². The Morgan fingerprint density at radius 1 is 0.897 bits per heavy atom. The third kappa shape index (κ3) is 11.8. The second-order valence-corrected chi connectivity index (χ2v) is 6.12. The van der Waals surface area contributed by atoms with Crippen molar-refractivity contribution >= 4 is 35.6 Å². The highest BCUT2D eigenvalue weighted by Crippen LogP contribution is 2.03. The highest BCUT2D eigenvalue weighted by atomic mass is 16.4. The summed E-state index contributed by atoms with van der Waals surface area (Å²) in [5.74, 6) is -5.56. The molecule has 0 radical (unpaired) electrons. The van der Waals surface area contributed by atoms with Crippen LogP contribution < -0.4 is 33.6 Å². The average Bonchev–Trinajstić information content (AvgIpc) is 2.60. The maximum Gasteiger partial charge on any atom is 0.326 e. The van der Waals surface area contributed by atoms with Crippen LogP contribution in [0.25, 0.3) is 0 Å². The minimum absolute atomic E-state index is 0.114. The molecule has 0 aromatic carbocycles. The van der Waals surface area contributed by atoms with Gasteiger partial charge in [-0.1, -0.05) is 0 Å². The minimum Gasteiger partial charge on any atom is -0.481 e. The Balaban J connectivity index is 5.01. The van der Waals surface area contributed by atoms with Gasteiger partial charge in [0.1, 0.15) is 12.1 Å². The fourth-order valence-electron chi connectivity index (χ4n) is 2.14. The predicted molar refractivity (Wildman–Crippen MR) is 100 cm³/mol. The van der Waals surface area contributed by atoms with Crippen LogP contribution >= 0.6 is 0 Å². The number of hydrogen-bond donors (Lipinski definition) is 8. The van der Waals surface area contributed by atoms with E-state index in [1.54, 1.807) is 0 Å². The Morgan fingerprint density at radius 3 is 1.97 bits per heavy atom. The van der Waals surface area contributed by atoms with Gasteiger partial charge in [-0.2, -0.15) is 0 Å². The first-order valence-electron chi connectivity index (χ1n) is 8.58. The number of carboxylic acid groups (broad SMARTS) is 2. The van der Waals surface area contributed by atoms with Crippen LogP contribution in [0.3, 0.4) is 0 Å². The molecule has 0 unspecified atom stereocenters. The number of aliphatic carboxylic acids is 2. The number of nitrogens with two attached hydrogens (primary N) is 4. The van der Waals surface area contributed by atoms with Gasteiger partial charge in [-0.25, -0.2) is 4.79 Å². The average molecular weight is 417 g/mol. The van der Waals surface area contributed by atoms with E-state index in [2.05, 4.69) is 10.3 Å². The van der Waals surface area contributed by atoms with Crippen LogP contribution in [0.1, 0.15) is 32.1 Å². The van der Waals surface area contributed by atoms with Crippen LogP contribution in [0, 0.1) is 0 Å². The number of guanidine groups is 1. The first-order valence-corrected chi connectivity index (χ1v) is 8.58. The molecule has 3 atom stereocenters. The first-order chi connectivity index (χ1) is 13.4. The molecule has 29 heavy (non-hydrogen) atoms. The van der Waals surface area contributed by atoms with Crippen molar-refractivity contribution in [2.24, 2.45) is 27.9 Å². The highest BCUT2D eigenvalue weighted by Gasteiger charge is 2.29. The lowest BCUT2D eigenvalue weighted by Crippen LogP contribution is -2.55. The van der Waals surface area contributed by atoms with Crippen LogP contribution in [0.15, 0.2) is 4.99 Å². The SMILES string of the molecule is NC(=O)C[C@H](NC(=O)[C@H](CCC(=O)O)NC(=O)[C@@H](N)CCCN=C(N)N)C(=O)O. The first kappa shape index (κ1) is 25.6. The molecule has 12 N–H and O–H groups in total. The second kappa shape index (κ2) is 12.9. The number of aliphatic imine (C=N–C) groups is 1. The largest absolute Gasteiger partial charge is 0.481 e. The van der Waals surface area contributed by atoms with E-state index in [9.17, 15) is 24.0 Å². The van der Waals surface area contributed by atoms with Crippen molar-refractivity contribution < 1.29 is 34.2 Å². The van der Waals surface area contributed by atoms with E-state index in [1.165, 1.54) is 0 Å². The van der Waals surface area contributed by atoms with E-state index in [4.69, 9.17) is 33.1 Å². The maximum absolute atomic E-state index is 12.3. The van der Waals surface area contributed by atoms with Gasteiger partial charge in [0.15, 0.2) is 5.96 Å². The lowest BCUT2D eigenvalue weighted by atomic mass is 10.1. The second-order valence-electron chi connectivity index (χ2n) is 6.12. The van der Waals surface area contributed by atoms with Gasteiger partial charge in [-0.15, -0.1) is 0 Å². The Morgan fingerprint density at radius 2 is 1.48 bits per heavy atom. The lowest BCUT2D eigenvalue weighted by Gasteiger charge is -2.22. The summed E-state index contributed by atoms with van der Waals surface area (Å²) in [4.78, 5) is 61.1. The Hall–Kier alpha value is -3.42. The fraction of sp³-hybridized carbons (Fsp3) is 0.600. The van der Waals surface area contributed by atoms with Gasteiger partial charge in [0.2, 0.25) is 17.7 Å². The maximum atomic E-state index is 12.3. The van der Waals surface area contributed by atoms with Gasteiger partial charge in [0.25, 0.3) is 0 Å². The molecule has 0 aliphatic rings. The molecule has 0 spiro atoms. The van der Waals surface area contributed by atoms with E-state index in [1.807, 2.05) is 5.32 Å². The molecule has 0 saturated heterocycles. The third-order valence-electron chi connectivity index (χ3n) is 3.60. The number of primary amides is 1. The number of carboxylic acids is 2. The van der Waals surface area contributed by atoms with Crippen LogP contribution in [0.5, 0.6) is 0 Å². The third-order valence-corrected chi connectivity index (χ3v) is 3.60. The van der Waals surface area contributed by atoms with E-state index in [0.717, 1.165) is 0 Å². The molecule has 3 amide bonds. The van der Waals surface area contributed by atoms with Crippen molar-refractivity contribution in [3.05, 3.63) is 0 Å². The molecule has 0 saturated carbocycles. The molecule has 0 heterocycles. The smallest absolute Gasteiger partial charge is 0.326 e. The Labute approximate surface area is 166 Å². The topological polar surface area (TPSA) is 266 Å². The summed E-state index contributed by atoms with van der Waals surface area (Å²) >= 11 is 0. The van der Waals surface area contributed by atoms with Gasteiger partial charge >= 0.3 is 11.9 Å². The number of nitrogens with one attached hydrogen (secondary N) is 2. The molecule has 0 aromatic heterocycles. The molecule has 0 aliphatic carbocycles. The molecular formula is C15H27N7O7. The minimum atomic E-state index is -1.63. The predicted octanol–water partition coefficient (Wildman–Crippen LogP) is -3.84. The van der Waals surface area contributed by atoms with E-state index in [-0.39, 0.29) is 25.3 Å². The van der Waals surface area contributed by atoms with Gasteiger partial charge in [0.05, 0.1) is 12.5 Å². The van der Waals surface area contributed by atoms with Gasteiger partial charge in [0, 0.05) is 13.0 Å². The van der Waals surface area contributed by atoms with Crippen molar-refractivity contribution in [3.63, 3.8) is 0 Å². The van der Waals surface area contributed by atoms with Gasteiger partial charge in [-0.05, 0) is 19.3 Å². The normalized spacial score (nSPS) is 13.4. The lowest BCUT2D eigenvalue weighted by molar-refractivity contribution is -0.144. The zero-order chi connectivity index (χ0) is 22.6. The molecule has 0 rings (SSSR count). The summed E-state index contributed by atoms with van der Waals surface area (Å²) in [5.41, 5.74) is 21.0. The molecule has 14 heteroatoms. The monoisotopic (exact) mass is 417 g/mol. The zero-order valence-corrected chi connectivity index (χ0v) is 15.7. The molecule has 0 aliphatic heterocycles. The summed E-state index contributed by atoms with van der Waals surface area (Å²) in [6.07, 6.45) is -0.930. The quantitative estimate of drug-likeness (QED) is 0.0774. The fourth-order valence-corrected chi connectivity index (χ4v) is 2.14. The molecule has 14 nitrogen and oxygen atoms in total. The van der Waals surface area contributed by atoms with Crippen molar-refractivity contribution in [3.8, 4) is 0 Å². The highest BCUT2D eigenvalue weighted by molar-refractivity contribution is 5.93. The Bertz CT molecular complexity index is 649. The number of rotatable bonds is 14. The van der Waals surface area contributed by atoms with E-state index < -0.39 is 60.6 Å². The standard InChI is InChI=1S/C15H27N7O7/c16-7(2-1-5-20-15(18)19)12(26)21-8(3-4-11(24)25)13(27)22-9(14(28)29)6-10(17)23/h7-9H,1-6,16H2,(H2,17,23)(H,21,26)(H,22,27)(H,24,25)(H,28,29)(H4,18,19,20)/t7-,8-,9-/m0/s1. The van der Waals surface area contributed by atoms with Crippen LogP contribution in [0.4, 0.5) is 0 Å². The summed E-state index contributed by atoms with van der Waals surface area (Å²) in [7, 11) is 0. The summed E-state index contributed by atoms with van der Waals surface area (Å²) in [6, 6.07) is -4.04.